The highest BCUT2D eigenvalue weighted by Crippen LogP contribution is 2.39. The molecule has 0 spiro atoms. The second kappa shape index (κ2) is 7.26. The number of rotatable bonds is 6. The molecule has 2 aromatic rings. The highest BCUT2D eigenvalue weighted by Gasteiger charge is 2.19. The van der Waals surface area contributed by atoms with Gasteiger partial charge in [0.2, 0.25) is 5.75 Å². The van der Waals surface area contributed by atoms with Crippen LogP contribution in [0.5, 0.6) is 17.2 Å². The molecule has 5 heteroatoms. The Balaban J connectivity index is 2.35. The van der Waals surface area contributed by atoms with E-state index in [4.69, 9.17) is 14.2 Å². The maximum Gasteiger partial charge on any atom is 0.204 e. The number of ketones is 1. The van der Waals surface area contributed by atoms with Crippen molar-refractivity contribution in [2.75, 3.05) is 21.3 Å². The van der Waals surface area contributed by atoms with E-state index >= 15 is 0 Å². The van der Waals surface area contributed by atoms with Crippen molar-refractivity contribution in [3.63, 3.8) is 0 Å². The summed E-state index contributed by atoms with van der Waals surface area (Å²) in [5, 5.41) is 0. The zero-order valence-corrected chi connectivity index (χ0v) is 12.7. The first kappa shape index (κ1) is 15.6. The largest absolute Gasteiger partial charge is 0.493 e. The SMILES string of the molecule is COc1ccc(C(=O)C=Cc2cccnc2)c(OC)c1OC. The van der Waals surface area contributed by atoms with Crippen LogP contribution in [0.25, 0.3) is 6.08 Å². The Kier molecular flexibility index (Phi) is 5.14. The number of aromatic nitrogens is 1. The van der Waals surface area contributed by atoms with Gasteiger partial charge in [0.25, 0.3) is 0 Å². The number of hydrogen-bond donors (Lipinski definition) is 0. The standard InChI is InChI=1S/C17H17NO4/c1-20-15-9-7-13(16(21-2)17(15)22-3)14(19)8-6-12-5-4-10-18-11-12/h4-11H,1-3H3. The van der Waals surface area contributed by atoms with Gasteiger partial charge < -0.3 is 14.2 Å². The van der Waals surface area contributed by atoms with Crippen molar-refractivity contribution in [2.24, 2.45) is 0 Å². The molecular formula is C17H17NO4. The number of hydrogen-bond acceptors (Lipinski definition) is 5. The highest BCUT2D eigenvalue weighted by atomic mass is 16.5. The molecule has 1 heterocycles. The average molecular weight is 299 g/mol. The molecule has 0 amide bonds. The van der Waals surface area contributed by atoms with Gasteiger partial charge in [-0.3, -0.25) is 9.78 Å². The maximum atomic E-state index is 12.4. The third-order valence-corrected chi connectivity index (χ3v) is 3.08. The molecule has 114 valence electrons. The Morgan fingerprint density at radius 1 is 1.05 bits per heavy atom. The van der Waals surface area contributed by atoms with Crippen molar-refractivity contribution in [1.29, 1.82) is 0 Å². The minimum absolute atomic E-state index is 0.193. The van der Waals surface area contributed by atoms with E-state index in [1.807, 2.05) is 6.07 Å². The van der Waals surface area contributed by atoms with Gasteiger partial charge >= 0.3 is 0 Å². The number of carbonyl (C=O) groups excluding carboxylic acids is 1. The summed E-state index contributed by atoms with van der Waals surface area (Å²) in [6.07, 6.45) is 6.53. The van der Waals surface area contributed by atoms with Crippen LogP contribution in [-0.4, -0.2) is 32.1 Å². The van der Waals surface area contributed by atoms with Crippen LogP contribution in [0.2, 0.25) is 0 Å². The molecule has 0 aliphatic rings. The molecule has 2 rings (SSSR count). The number of allylic oxidation sites excluding steroid dienone is 1. The minimum atomic E-state index is -0.193. The first-order chi connectivity index (χ1) is 10.7. The fourth-order valence-electron chi connectivity index (χ4n) is 2.03. The summed E-state index contributed by atoms with van der Waals surface area (Å²) in [4.78, 5) is 16.4. The van der Waals surface area contributed by atoms with Gasteiger partial charge in [0.1, 0.15) is 0 Å². The van der Waals surface area contributed by atoms with E-state index in [1.54, 1.807) is 36.7 Å². The fraction of sp³-hybridized carbons (Fsp3) is 0.176. The Morgan fingerprint density at radius 2 is 1.82 bits per heavy atom. The molecule has 0 saturated heterocycles. The van der Waals surface area contributed by atoms with Crippen LogP contribution in [-0.2, 0) is 0 Å². The maximum absolute atomic E-state index is 12.4. The van der Waals surface area contributed by atoms with Gasteiger partial charge in [0.05, 0.1) is 26.9 Å². The fourth-order valence-corrected chi connectivity index (χ4v) is 2.03. The zero-order valence-electron chi connectivity index (χ0n) is 12.7. The first-order valence-electron chi connectivity index (χ1n) is 6.62. The van der Waals surface area contributed by atoms with Crippen molar-refractivity contribution in [3.8, 4) is 17.2 Å². The number of benzene rings is 1. The van der Waals surface area contributed by atoms with Gasteiger partial charge in [-0.25, -0.2) is 0 Å². The third kappa shape index (κ3) is 3.25. The lowest BCUT2D eigenvalue weighted by Crippen LogP contribution is -2.02. The van der Waals surface area contributed by atoms with E-state index in [-0.39, 0.29) is 5.78 Å². The second-order valence-corrected chi connectivity index (χ2v) is 4.37. The molecule has 0 bridgehead atoms. The van der Waals surface area contributed by atoms with Crippen LogP contribution < -0.4 is 14.2 Å². The zero-order chi connectivity index (χ0) is 15.9. The molecular weight excluding hydrogens is 282 g/mol. The highest BCUT2D eigenvalue weighted by molar-refractivity contribution is 6.09. The van der Waals surface area contributed by atoms with Gasteiger partial charge in [0.15, 0.2) is 17.3 Å². The molecule has 0 saturated carbocycles. The van der Waals surface area contributed by atoms with E-state index in [9.17, 15) is 4.79 Å². The van der Waals surface area contributed by atoms with Crippen molar-refractivity contribution in [1.82, 2.24) is 4.98 Å². The van der Waals surface area contributed by atoms with Gasteiger partial charge in [-0.05, 0) is 35.9 Å². The van der Waals surface area contributed by atoms with Crippen LogP contribution in [0, 0.1) is 0 Å². The number of ether oxygens (including phenoxy) is 3. The lowest BCUT2D eigenvalue weighted by Gasteiger charge is -2.14. The molecule has 0 radical (unpaired) electrons. The summed E-state index contributed by atoms with van der Waals surface area (Å²) in [7, 11) is 4.51. The van der Waals surface area contributed by atoms with Gasteiger partial charge in [-0.1, -0.05) is 6.07 Å². The Hall–Kier alpha value is -2.82. The van der Waals surface area contributed by atoms with E-state index in [1.165, 1.54) is 27.4 Å². The van der Waals surface area contributed by atoms with Crippen molar-refractivity contribution >= 4 is 11.9 Å². The summed E-state index contributed by atoms with van der Waals surface area (Å²) in [5.41, 5.74) is 1.25. The number of nitrogens with zero attached hydrogens (tertiary/aromatic N) is 1. The van der Waals surface area contributed by atoms with Crippen LogP contribution in [0.15, 0.2) is 42.7 Å². The van der Waals surface area contributed by atoms with Crippen LogP contribution >= 0.6 is 0 Å². The lowest BCUT2D eigenvalue weighted by atomic mass is 10.1. The predicted molar refractivity (Wildman–Crippen MR) is 83.7 cm³/mol. The van der Waals surface area contributed by atoms with Crippen molar-refractivity contribution < 1.29 is 19.0 Å². The minimum Gasteiger partial charge on any atom is -0.493 e. The van der Waals surface area contributed by atoms with Crippen LogP contribution in [0.1, 0.15) is 15.9 Å². The van der Waals surface area contributed by atoms with E-state index in [2.05, 4.69) is 4.98 Å². The van der Waals surface area contributed by atoms with Crippen molar-refractivity contribution in [3.05, 3.63) is 53.9 Å². The molecule has 0 N–H and O–H groups in total. The summed E-state index contributed by atoms with van der Waals surface area (Å²) < 4.78 is 15.8. The predicted octanol–water partition coefficient (Wildman–Crippen LogP) is 3.00. The van der Waals surface area contributed by atoms with E-state index < -0.39 is 0 Å². The van der Waals surface area contributed by atoms with Crippen molar-refractivity contribution in [2.45, 2.75) is 0 Å². The number of carbonyl (C=O) groups is 1. The monoisotopic (exact) mass is 299 g/mol. The van der Waals surface area contributed by atoms with Gasteiger partial charge in [0, 0.05) is 12.4 Å². The second-order valence-electron chi connectivity index (χ2n) is 4.37. The number of methoxy groups -OCH3 is 3. The molecule has 0 unspecified atom stereocenters. The lowest BCUT2D eigenvalue weighted by molar-refractivity contribution is 0.104. The summed E-state index contributed by atoms with van der Waals surface area (Å²) in [6.45, 7) is 0. The topological polar surface area (TPSA) is 57.7 Å². The quantitative estimate of drug-likeness (QED) is 0.606. The molecule has 5 nitrogen and oxygen atoms in total. The van der Waals surface area contributed by atoms with E-state index in [0.29, 0.717) is 22.8 Å². The normalized spacial score (nSPS) is 10.5. The average Bonchev–Trinajstić information content (AvgIpc) is 2.58. The molecule has 0 atom stereocenters. The smallest absolute Gasteiger partial charge is 0.204 e. The molecule has 1 aromatic carbocycles. The molecule has 0 fully saturated rings. The number of pyridine rings is 1. The van der Waals surface area contributed by atoms with Crippen LogP contribution in [0.3, 0.4) is 0 Å². The Morgan fingerprint density at radius 3 is 2.41 bits per heavy atom. The molecule has 0 aliphatic carbocycles. The molecule has 0 aliphatic heterocycles. The Bertz CT molecular complexity index is 681. The summed E-state index contributed by atoms with van der Waals surface area (Å²) in [5.74, 6) is 1.06. The molecule has 1 aromatic heterocycles. The van der Waals surface area contributed by atoms with Gasteiger partial charge in [-0.15, -0.1) is 0 Å². The summed E-state index contributed by atoms with van der Waals surface area (Å²) in [6, 6.07) is 6.99. The first-order valence-corrected chi connectivity index (χ1v) is 6.62. The van der Waals surface area contributed by atoms with E-state index in [0.717, 1.165) is 5.56 Å². The molecule has 22 heavy (non-hydrogen) atoms. The Labute approximate surface area is 129 Å². The third-order valence-electron chi connectivity index (χ3n) is 3.08. The van der Waals surface area contributed by atoms with Gasteiger partial charge in [-0.2, -0.15) is 0 Å². The van der Waals surface area contributed by atoms with Crippen LogP contribution in [0.4, 0.5) is 0 Å². The summed E-state index contributed by atoms with van der Waals surface area (Å²) >= 11 is 0.